The van der Waals surface area contributed by atoms with Gasteiger partial charge in [0.15, 0.2) is 0 Å². The summed E-state index contributed by atoms with van der Waals surface area (Å²) in [6.07, 6.45) is 1.88. The molecule has 8 bridgehead atoms. The number of nitrogens with one attached hydrogen (secondary N) is 4. The van der Waals surface area contributed by atoms with Crippen LogP contribution in [0.2, 0.25) is 0 Å². The Morgan fingerprint density at radius 3 is 2.12 bits per heavy atom. The van der Waals surface area contributed by atoms with Crippen molar-refractivity contribution in [3.63, 3.8) is 0 Å². The molecule has 0 aliphatic carbocycles. The zero-order valence-electron chi connectivity index (χ0n) is 29.0. The van der Waals surface area contributed by atoms with Crippen LogP contribution in [0.25, 0.3) is 22.1 Å². The molecule has 0 saturated heterocycles. The van der Waals surface area contributed by atoms with E-state index in [0.717, 1.165) is 46.5 Å². The fraction of sp³-hybridized carbons (Fsp3) is 0.486. The number of hydrogen-bond acceptors (Lipinski definition) is 6. The fourth-order valence-electron chi connectivity index (χ4n) is 7.53. The van der Waals surface area contributed by atoms with Crippen molar-refractivity contribution in [3.05, 3.63) is 68.8 Å². The number of fused-ring (bicyclic) bond motifs is 8. The minimum Gasteiger partial charge on any atom is -0.481 e. The van der Waals surface area contributed by atoms with E-state index in [1.165, 1.54) is 5.56 Å². The Bertz CT molecular complexity index is 1910. The third-order valence-corrected chi connectivity index (χ3v) is 10.3. The normalized spacial score (nSPS) is 19.0. The average Bonchev–Trinajstić information content (AvgIpc) is 3.71. The van der Waals surface area contributed by atoms with Gasteiger partial charge in [0.25, 0.3) is 0 Å². The topological polar surface area (TPSA) is 173 Å². The van der Waals surface area contributed by atoms with Gasteiger partial charge in [0, 0.05) is 82.4 Å². The lowest BCUT2D eigenvalue weighted by atomic mass is 9.85. The van der Waals surface area contributed by atoms with Gasteiger partial charge in [0.2, 0.25) is 5.91 Å². The molecule has 3 aromatic heterocycles. The van der Waals surface area contributed by atoms with Crippen LogP contribution in [-0.4, -0.2) is 68.1 Å². The van der Waals surface area contributed by atoms with Crippen LogP contribution in [-0.2, 0) is 22.4 Å². The van der Waals surface area contributed by atoms with E-state index in [2.05, 4.69) is 54.4 Å². The van der Waals surface area contributed by atoms with Crippen molar-refractivity contribution in [2.45, 2.75) is 97.3 Å². The number of rotatable bonds is 11. The number of likely N-dealkylation sites (N-methyl/N-ethyl adjacent to an activating group) is 1. The molecule has 0 saturated carbocycles. The van der Waals surface area contributed by atoms with Gasteiger partial charge in [0.05, 0.1) is 23.2 Å². The summed E-state index contributed by atoms with van der Waals surface area (Å²) in [6, 6.07) is 6.09. The Labute approximate surface area is 281 Å². The molecule has 0 aromatic carbocycles. The highest BCUT2D eigenvalue weighted by Crippen LogP contribution is 2.43. The first-order chi connectivity index (χ1) is 22.9. The standard InChI is InChI=1S/C37H48N6O5/c1-8-22-18(3)26-15-28-20(5)24(10-11-32(44)39-13-12-38-7)35(42-28)25(14-33(45)46)36-34(37(47)48)21(6)29(43-36)17-31-23(9-2)19(4)27(41-31)16-30(22)40-26/h15-17,19-20,23-24,38,40,43H,8-14H2,1-7H3,(H,39,44)(H,45,46)(H,47,48)/t19?,20-,23?,24?/m1/s1. The number of aromatic amines is 2. The predicted molar refractivity (Wildman–Crippen MR) is 187 cm³/mol. The summed E-state index contributed by atoms with van der Waals surface area (Å²) < 4.78 is 0. The number of amides is 1. The van der Waals surface area contributed by atoms with Crippen LogP contribution in [0, 0.1) is 13.8 Å². The van der Waals surface area contributed by atoms with Crippen LogP contribution in [0.3, 0.4) is 0 Å². The molecule has 256 valence electrons. The predicted octanol–water partition coefficient (Wildman–Crippen LogP) is 6.12. The van der Waals surface area contributed by atoms with Crippen molar-refractivity contribution < 1.29 is 24.6 Å². The molecule has 0 radical (unpaired) electrons. The highest BCUT2D eigenvalue weighted by molar-refractivity contribution is 6.02. The van der Waals surface area contributed by atoms with E-state index < -0.39 is 18.4 Å². The second kappa shape index (κ2) is 14.3. The highest BCUT2D eigenvalue weighted by Gasteiger charge is 2.34. The third-order valence-electron chi connectivity index (χ3n) is 10.3. The van der Waals surface area contributed by atoms with Gasteiger partial charge >= 0.3 is 11.9 Å². The molecule has 0 spiro atoms. The summed E-state index contributed by atoms with van der Waals surface area (Å²) in [5, 5.41) is 26.6. The summed E-state index contributed by atoms with van der Waals surface area (Å²) in [4.78, 5) is 55.3. The van der Waals surface area contributed by atoms with Gasteiger partial charge in [-0.25, -0.2) is 4.79 Å². The summed E-state index contributed by atoms with van der Waals surface area (Å²) >= 11 is 0. The summed E-state index contributed by atoms with van der Waals surface area (Å²) in [6.45, 7) is 13.5. The SMILES string of the molecule is CCc1c(C)c2cc3nc(c(CC(=O)O)c4[nH]c(cc5nc(cc1[nH]2)C(C)C5CC)c(C)c4C(=O)O)C(CCC(=O)NCCNC)[C@H]3C. The molecule has 11 heteroatoms. The highest BCUT2D eigenvalue weighted by atomic mass is 16.4. The smallest absolute Gasteiger partial charge is 0.338 e. The molecular weight excluding hydrogens is 608 g/mol. The molecule has 4 atom stereocenters. The number of carbonyl (C=O) groups excluding carboxylic acids is 1. The molecule has 0 fully saturated rings. The van der Waals surface area contributed by atoms with Gasteiger partial charge in [-0.1, -0.05) is 27.7 Å². The summed E-state index contributed by atoms with van der Waals surface area (Å²) in [7, 11) is 1.82. The lowest BCUT2D eigenvalue weighted by Crippen LogP contribution is -2.30. The maximum absolute atomic E-state index is 12.8. The zero-order valence-corrected chi connectivity index (χ0v) is 29.0. The number of carboxylic acid groups (broad SMARTS) is 2. The third kappa shape index (κ3) is 6.60. The number of hydrogen-bond donors (Lipinski definition) is 6. The van der Waals surface area contributed by atoms with Crippen molar-refractivity contribution >= 4 is 39.9 Å². The Balaban J connectivity index is 1.89. The van der Waals surface area contributed by atoms with Crippen LogP contribution in [0.5, 0.6) is 0 Å². The lowest BCUT2D eigenvalue weighted by Gasteiger charge is -2.18. The molecule has 3 aromatic rings. The van der Waals surface area contributed by atoms with E-state index in [4.69, 9.17) is 9.97 Å². The van der Waals surface area contributed by atoms with Crippen molar-refractivity contribution in [2.75, 3.05) is 20.1 Å². The van der Waals surface area contributed by atoms with E-state index in [0.29, 0.717) is 41.8 Å². The van der Waals surface area contributed by atoms with E-state index in [9.17, 15) is 24.6 Å². The maximum atomic E-state index is 12.8. The molecular formula is C37H48N6O5. The van der Waals surface area contributed by atoms with E-state index in [-0.39, 0.29) is 47.1 Å². The fourth-order valence-corrected chi connectivity index (χ4v) is 7.53. The number of nitrogens with zero attached hydrogens (tertiary/aromatic N) is 2. The van der Waals surface area contributed by atoms with Crippen LogP contribution in [0.15, 0.2) is 18.2 Å². The number of carbonyl (C=O) groups is 3. The minimum absolute atomic E-state index is 0.0191. The quantitative estimate of drug-likeness (QED) is 0.134. The Morgan fingerprint density at radius 1 is 0.833 bits per heavy atom. The summed E-state index contributed by atoms with van der Waals surface area (Å²) in [5.41, 5.74) is 8.95. The number of carboxylic acids is 2. The van der Waals surface area contributed by atoms with E-state index >= 15 is 0 Å². The molecule has 6 N–H and O–H groups in total. The minimum atomic E-state index is -1.15. The number of aromatic carboxylic acids is 1. The number of H-pyrrole nitrogens is 2. The van der Waals surface area contributed by atoms with Crippen molar-refractivity contribution in [1.82, 2.24) is 30.6 Å². The van der Waals surface area contributed by atoms with Crippen molar-refractivity contribution in [3.8, 4) is 0 Å². The second-order valence-electron chi connectivity index (χ2n) is 13.2. The zero-order chi connectivity index (χ0) is 34.9. The van der Waals surface area contributed by atoms with Crippen molar-refractivity contribution in [2.24, 2.45) is 0 Å². The lowest BCUT2D eigenvalue weighted by molar-refractivity contribution is -0.136. The Hall–Kier alpha value is -4.51. The van der Waals surface area contributed by atoms with Crippen LogP contribution < -0.4 is 10.6 Å². The van der Waals surface area contributed by atoms with Gasteiger partial charge in [-0.2, -0.15) is 0 Å². The first kappa shape index (κ1) is 34.8. The monoisotopic (exact) mass is 656 g/mol. The Kier molecular flexibility index (Phi) is 10.4. The maximum Gasteiger partial charge on any atom is 0.338 e. The van der Waals surface area contributed by atoms with Gasteiger partial charge in [-0.15, -0.1) is 0 Å². The van der Waals surface area contributed by atoms with Gasteiger partial charge in [-0.3, -0.25) is 19.6 Å². The van der Waals surface area contributed by atoms with Crippen LogP contribution >= 0.6 is 0 Å². The van der Waals surface area contributed by atoms with E-state index in [1.807, 2.05) is 26.1 Å². The largest absolute Gasteiger partial charge is 0.481 e. The van der Waals surface area contributed by atoms with Gasteiger partial charge < -0.3 is 30.8 Å². The van der Waals surface area contributed by atoms with Gasteiger partial charge in [0.1, 0.15) is 0 Å². The molecule has 48 heavy (non-hydrogen) atoms. The molecule has 3 unspecified atom stereocenters. The van der Waals surface area contributed by atoms with Crippen molar-refractivity contribution in [1.29, 1.82) is 0 Å². The van der Waals surface area contributed by atoms with E-state index in [1.54, 1.807) is 6.92 Å². The molecule has 2 aliphatic rings. The van der Waals surface area contributed by atoms with Gasteiger partial charge in [-0.05, 0) is 75.0 Å². The summed E-state index contributed by atoms with van der Waals surface area (Å²) in [5.74, 6) is -2.57. The molecule has 1 amide bonds. The molecule has 5 heterocycles. The second-order valence-corrected chi connectivity index (χ2v) is 13.2. The molecule has 2 aliphatic heterocycles. The Morgan fingerprint density at radius 2 is 1.48 bits per heavy atom. The first-order valence-corrected chi connectivity index (χ1v) is 17.0. The van der Waals surface area contributed by atoms with Crippen LogP contribution in [0.4, 0.5) is 0 Å². The molecule has 5 rings (SSSR count). The molecule has 11 nitrogen and oxygen atoms in total. The number of aliphatic carboxylic acids is 1. The number of aryl methyl sites for hydroxylation is 3. The number of aromatic nitrogens is 4. The first-order valence-electron chi connectivity index (χ1n) is 17.0. The van der Waals surface area contributed by atoms with Crippen LogP contribution in [0.1, 0.15) is 126 Å². The average molecular weight is 657 g/mol.